The second kappa shape index (κ2) is 12.8. The topological polar surface area (TPSA) is 113 Å². The number of nitrogens with zero attached hydrogens (tertiary/aromatic N) is 1. The number of halogens is 1. The number of benzene rings is 3. The number of carbonyl (C=O) groups is 1. The third-order valence-electron chi connectivity index (χ3n) is 4.94. The maximum atomic E-state index is 12.8. The predicted molar refractivity (Wildman–Crippen MR) is 149 cm³/mol. The smallest absolute Gasteiger partial charge is 0.339 e. The molecule has 3 aromatic rings. The summed E-state index contributed by atoms with van der Waals surface area (Å²) in [4.78, 5) is 12.6. The Morgan fingerprint density at radius 2 is 1.65 bits per heavy atom. The Labute approximate surface area is 230 Å². The third-order valence-corrected chi connectivity index (χ3v) is 6.98. The minimum atomic E-state index is -4.07. The van der Waals surface area contributed by atoms with Crippen molar-refractivity contribution in [2.45, 2.75) is 25.7 Å². The Morgan fingerprint density at radius 1 is 0.973 bits per heavy atom. The molecule has 0 aliphatic heterocycles. The van der Waals surface area contributed by atoms with Gasteiger partial charge in [-0.1, -0.05) is 17.7 Å². The highest BCUT2D eigenvalue weighted by Crippen LogP contribution is 2.36. The van der Waals surface area contributed by atoms with Gasteiger partial charge < -0.3 is 18.4 Å². The van der Waals surface area contributed by atoms with E-state index in [1.54, 1.807) is 49.4 Å². The van der Waals surface area contributed by atoms with Gasteiger partial charge in [0.05, 0.1) is 30.1 Å². The average Bonchev–Trinajstić information content (AvgIpc) is 2.87. The summed E-state index contributed by atoms with van der Waals surface area (Å²) >= 11 is 1.96. The molecule has 0 bridgehead atoms. The Kier molecular flexibility index (Phi) is 9.75. The molecule has 0 heterocycles. The van der Waals surface area contributed by atoms with Gasteiger partial charge in [0.15, 0.2) is 23.0 Å². The van der Waals surface area contributed by atoms with Gasteiger partial charge in [-0.15, -0.1) is 0 Å². The van der Waals surface area contributed by atoms with Crippen molar-refractivity contribution in [3.8, 4) is 23.0 Å². The highest BCUT2D eigenvalue weighted by molar-refractivity contribution is 14.1. The van der Waals surface area contributed by atoms with E-state index in [2.05, 4.69) is 10.5 Å². The summed E-state index contributed by atoms with van der Waals surface area (Å²) in [6, 6.07) is 14.4. The number of ether oxygens (including phenoxy) is 3. The summed E-state index contributed by atoms with van der Waals surface area (Å²) in [5.41, 5.74) is 4.30. The third kappa shape index (κ3) is 7.35. The summed E-state index contributed by atoms with van der Waals surface area (Å²) in [7, 11) is -2.58. The first-order chi connectivity index (χ1) is 17.7. The quantitative estimate of drug-likeness (QED) is 0.137. The van der Waals surface area contributed by atoms with Gasteiger partial charge in [-0.25, -0.2) is 5.43 Å². The Hall–Kier alpha value is -3.32. The zero-order valence-electron chi connectivity index (χ0n) is 20.8. The van der Waals surface area contributed by atoms with Gasteiger partial charge >= 0.3 is 10.1 Å². The molecule has 196 valence electrons. The fourth-order valence-electron chi connectivity index (χ4n) is 3.18. The minimum Gasteiger partial charge on any atom is -0.493 e. The molecule has 0 unspecified atom stereocenters. The highest BCUT2D eigenvalue weighted by atomic mass is 127. The number of hydrazone groups is 1. The molecule has 37 heavy (non-hydrogen) atoms. The van der Waals surface area contributed by atoms with Crippen molar-refractivity contribution in [2.24, 2.45) is 5.10 Å². The molecular formula is C26H27IN2O7S. The van der Waals surface area contributed by atoms with Crippen molar-refractivity contribution >= 4 is 44.8 Å². The van der Waals surface area contributed by atoms with Crippen LogP contribution < -0.4 is 23.8 Å². The zero-order valence-corrected chi connectivity index (χ0v) is 23.8. The van der Waals surface area contributed by atoms with Crippen LogP contribution in [0.5, 0.6) is 23.0 Å². The largest absolute Gasteiger partial charge is 0.493 e. The van der Waals surface area contributed by atoms with E-state index in [0.29, 0.717) is 32.8 Å². The van der Waals surface area contributed by atoms with Crippen LogP contribution in [0.25, 0.3) is 0 Å². The van der Waals surface area contributed by atoms with Crippen LogP contribution in [0.1, 0.15) is 35.3 Å². The monoisotopic (exact) mass is 638 g/mol. The van der Waals surface area contributed by atoms with Crippen LogP contribution in [0.15, 0.2) is 64.6 Å². The number of hydrogen-bond donors (Lipinski definition) is 1. The lowest BCUT2D eigenvalue weighted by molar-refractivity contribution is 0.0954. The van der Waals surface area contributed by atoms with Gasteiger partial charge in [0.25, 0.3) is 5.91 Å². The van der Waals surface area contributed by atoms with Crippen LogP contribution in [-0.2, 0) is 10.1 Å². The van der Waals surface area contributed by atoms with Crippen molar-refractivity contribution in [2.75, 3.05) is 20.3 Å². The molecule has 3 rings (SSSR count). The standard InChI is InChI=1S/C26H27IN2O7S/c1-5-34-22-12-9-19(15-23(22)33-4)26(30)29-28-16-18-13-21(27)25(24(14-18)35-6-2)36-37(31,32)20-10-7-17(3)8-11-20/h7-16H,5-6H2,1-4H3,(H,29,30)/b28-16+. The van der Waals surface area contributed by atoms with Gasteiger partial charge in [0, 0.05) is 5.56 Å². The number of amides is 1. The van der Waals surface area contributed by atoms with Crippen molar-refractivity contribution < 1.29 is 31.6 Å². The molecule has 0 saturated carbocycles. The lowest BCUT2D eigenvalue weighted by Crippen LogP contribution is -2.17. The predicted octanol–water partition coefficient (Wildman–Crippen LogP) is 4.94. The first kappa shape index (κ1) is 28.3. The van der Waals surface area contributed by atoms with E-state index in [1.165, 1.54) is 25.5 Å². The molecule has 11 heteroatoms. The van der Waals surface area contributed by atoms with Gasteiger partial charge in [-0.05, 0) is 91.4 Å². The molecule has 0 spiro atoms. The number of aryl methyl sites for hydroxylation is 1. The first-order valence-electron chi connectivity index (χ1n) is 11.3. The van der Waals surface area contributed by atoms with E-state index in [-0.39, 0.29) is 23.0 Å². The lowest BCUT2D eigenvalue weighted by Gasteiger charge is -2.14. The summed E-state index contributed by atoms with van der Waals surface area (Å²) < 4.78 is 48.0. The van der Waals surface area contributed by atoms with Crippen LogP contribution >= 0.6 is 22.6 Å². The molecular weight excluding hydrogens is 611 g/mol. The SMILES string of the molecule is CCOc1ccc(C(=O)N/N=C/c2cc(I)c(OS(=O)(=O)c3ccc(C)cc3)c(OCC)c2)cc1OC. The number of rotatable bonds is 11. The Balaban J connectivity index is 1.79. The maximum absolute atomic E-state index is 12.8. The summed E-state index contributed by atoms with van der Waals surface area (Å²) in [6.45, 7) is 6.25. The van der Waals surface area contributed by atoms with Crippen molar-refractivity contribution in [1.29, 1.82) is 0 Å². The first-order valence-corrected chi connectivity index (χ1v) is 13.8. The van der Waals surface area contributed by atoms with Crippen LogP contribution in [0, 0.1) is 10.5 Å². The Morgan fingerprint density at radius 3 is 2.30 bits per heavy atom. The van der Waals surface area contributed by atoms with Gasteiger partial charge in [-0.3, -0.25) is 4.79 Å². The fraction of sp³-hybridized carbons (Fsp3) is 0.231. The van der Waals surface area contributed by atoms with Crippen LogP contribution in [-0.4, -0.2) is 40.9 Å². The Bertz CT molecular complexity index is 1390. The summed E-state index contributed by atoms with van der Waals surface area (Å²) in [5.74, 6) is 0.835. The van der Waals surface area contributed by atoms with E-state index in [9.17, 15) is 13.2 Å². The van der Waals surface area contributed by atoms with E-state index < -0.39 is 16.0 Å². The molecule has 0 radical (unpaired) electrons. The zero-order chi connectivity index (χ0) is 27.0. The van der Waals surface area contributed by atoms with Gasteiger partial charge in [0.2, 0.25) is 0 Å². The van der Waals surface area contributed by atoms with Crippen molar-refractivity contribution in [1.82, 2.24) is 5.43 Å². The maximum Gasteiger partial charge on any atom is 0.339 e. The second-order valence-corrected chi connectivity index (χ2v) is 10.3. The normalized spacial score (nSPS) is 11.3. The van der Waals surface area contributed by atoms with Gasteiger partial charge in [0.1, 0.15) is 4.90 Å². The van der Waals surface area contributed by atoms with Crippen LogP contribution in [0.2, 0.25) is 0 Å². The molecule has 3 aromatic carbocycles. The number of hydrogen-bond acceptors (Lipinski definition) is 8. The lowest BCUT2D eigenvalue weighted by atomic mass is 10.2. The summed E-state index contributed by atoms with van der Waals surface area (Å²) in [5, 5.41) is 4.02. The van der Waals surface area contributed by atoms with E-state index in [0.717, 1.165) is 5.56 Å². The second-order valence-electron chi connectivity index (χ2n) is 7.61. The molecule has 0 aliphatic carbocycles. The van der Waals surface area contributed by atoms with E-state index >= 15 is 0 Å². The summed E-state index contributed by atoms with van der Waals surface area (Å²) in [6.07, 6.45) is 1.42. The van der Waals surface area contributed by atoms with Crippen molar-refractivity contribution in [3.05, 3.63) is 74.9 Å². The number of carbonyl (C=O) groups excluding carboxylic acids is 1. The van der Waals surface area contributed by atoms with Gasteiger partial charge in [-0.2, -0.15) is 13.5 Å². The molecule has 1 N–H and O–H groups in total. The van der Waals surface area contributed by atoms with E-state index in [1.807, 2.05) is 36.4 Å². The van der Waals surface area contributed by atoms with Crippen LogP contribution in [0.4, 0.5) is 0 Å². The molecule has 0 aliphatic rings. The fourth-order valence-corrected chi connectivity index (χ4v) is 5.02. The van der Waals surface area contributed by atoms with Crippen molar-refractivity contribution in [3.63, 3.8) is 0 Å². The minimum absolute atomic E-state index is 0.0376. The van der Waals surface area contributed by atoms with E-state index in [4.69, 9.17) is 18.4 Å². The molecule has 0 aromatic heterocycles. The van der Waals surface area contributed by atoms with Crippen LogP contribution in [0.3, 0.4) is 0 Å². The highest BCUT2D eigenvalue weighted by Gasteiger charge is 2.22. The molecule has 0 fully saturated rings. The number of methoxy groups -OCH3 is 1. The molecule has 1 amide bonds. The molecule has 9 nitrogen and oxygen atoms in total. The molecule has 0 saturated heterocycles. The molecule has 0 atom stereocenters. The number of nitrogens with one attached hydrogen (secondary N) is 1. The average molecular weight is 638 g/mol.